The summed E-state index contributed by atoms with van der Waals surface area (Å²) in [6.07, 6.45) is 7.66. The SMILES string of the molecule is Cc1cn2nc([C@@H]3CCCCN3C(=O)C3=NCCS3)cc2nc1N1CCCC1. The number of amides is 1. The minimum Gasteiger partial charge on any atom is -0.356 e. The van der Waals surface area contributed by atoms with Crippen molar-refractivity contribution in [2.24, 2.45) is 4.99 Å². The van der Waals surface area contributed by atoms with Gasteiger partial charge in [0, 0.05) is 49.8 Å². The highest BCUT2D eigenvalue weighted by atomic mass is 32.2. The van der Waals surface area contributed by atoms with Crippen LogP contribution in [0, 0.1) is 6.92 Å². The topological polar surface area (TPSA) is 66.1 Å². The third kappa shape index (κ3) is 3.17. The molecule has 0 N–H and O–H groups in total. The van der Waals surface area contributed by atoms with E-state index in [1.54, 1.807) is 11.8 Å². The van der Waals surface area contributed by atoms with Crippen LogP contribution in [0.4, 0.5) is 5.82 Å². The van der Waals surface area contributed by atoms with E-state index in [-0.39, 0.29) is 11.9 Å². The maximum absolute atomic E-state index is 13.0. The largest absolute Gasteiger partial charge is 0.356 e. The molecule has 0 radical (unpaired) electrons. The zero-order valence-corrected chi connectivity index (χ0v) is 17.1. The van der Waals surface area contributed by atoms with Crippen molar-refractivity contribution in [3.63, 3.8) is 0 Å². The number of rotatable bonds is 3. The number of hydrogen-bond acceptors (Lipinski definition) is 6. The first kappa shape index (κ1) is 18.0. The van der Waals surface area contributed by atoms with Crippen molar-refractivity contribution in [2.45, 2.75) is 45.1 Å². The molecule has 0 aliphatic carbocycles. The summed E-state index contributed by atoms with van der Waals surface area (Å²) in [6, 6.07) is 2.08. The van der Waals surface area contributed by atoms with E-state index in [0.717, 1.165) is 73.9 Å². The van der Waals surface area contributed by atoms with Crippen LogP contribution in [0.1, 0.15) is 49.4 Å². The lowest BCUT2D eigenvalue weighted by atomic mass is 9.99. The fourth-order valence-corrected chi connectivity index (χ4v) is 5.30. The maximum atomic E-state index is 13.0. The van der Waals surface area contributed by atoms with Crippen LogP contribution in [0.25, 0.3) is 5.65 Å². The summed E-state index contributed by atoms with van der Waals surface area (Å²) >= 11 is 1.58. The van der Waals surface area contributed by atoms with E-state index in [0.29, 0.717) is 5.04 Å². The summed E-state index contributed by atoms with van der Waals surface area (Å²) < 4.78 is 1.88. The zero-order valence-electron chi connectivity index (χ0n) is 16.3. The summed E-state index contributed by atoms with van der Waals surface area (Å²) in [5.41, 5.74) is 2.97. The normalized spacial score (nSPS) is 22.9. The predicted octanol–water partition coefficient (Wildman–Crippen LogP) is 2.84. The number of thioether (sulfide) groups is 1. The predicted molar refractivity (Wildman–Crippen MR) is 112 cm³/mol. The Bertz CT molecular complexity index is 932. The molecule has 0 spiro atoms. The molecule has 0 aromatic carbocycles. The third-order valence-corrected chi connectivity index (χ3v) is 6.87. The van der Waals surface area contributed by atoms with Crippen LogP contribution < -0.4 is 4.90 Å². The molecule has 5 rings (SSSR count). The van der Waals surface area contributed by atoms with E-state index in [1.165, 1.54) is 12.8 Å². The molecule has 0 saturated carbocycles. The molecule has 5 heterocycles. The van der Waals surface area contributed by atoms with Crippen LogP contribution in [0.3, 0.4) is 0 Å². The molecular formula is C20H26N6OS. The number of anilines is 1. The van der Waals surface area contributed by atoms with Gasteiger partial charge in [-0.15, -0.1) is 0 Å². The highest BCUT2D eigenvalue weighted by Gasteiger charge is 2.33. The molecule has 0 unspecified atom stereocenters. The lowest BCUT2D eigenvalue weighted by Crippen LogP contribution is -2.41. The van der Waals surface area contributed by atoms with Gasteiger partial charge in [0.15, 0.2) is 10.7 Å². The molecule has 2 aromatic heterocycles. The second kappa shape index (κ2) is 7.39. The van der Waals surface area contributed by atoms with Crippen molar-refractivity contribution < 1.29 is 4.79 Å². The van der Waals surface area contributed by atoms with Gasteiger partial charge in [-0.3, -0.25) is 9.79 Å². The van der Waals surface area contributed by atoms with Gasteiger partial charge in [-0.05, 0) is 39.0 Å². The van der Waals surface area contributed by atoms with E-state index in [2.05, 4.69) is 29.1 Å². The third-order valence-electron chi connectivity index (χ3n) is 5.90. The van der Waals surface area contributed by atoms with Crippen LogP contribution in [0.2, 0.25) is 0 Å². The molecule has 2 saturated heterocycles. The number of likely N-dealkylation sites (tertiary alicyclic amines) is 1. The Balaban J connectivity index is 1.47. The maximum Gasteiger partial charge on any atom is 0.279 e. The number of carbonyl (C=O) groups is 1. The van der Waals surface area contributed by atoms with Gasteiger partial charge in [0.2, 0.25) is 0 Å². The molecule has 8 heteroatoms. The first-order valence-corrected chi connectivity index (χ1v) is 11.3. The van der Waals surface area contributed by atoms with Crippen molar-refractivity contribution in [3.8, 4) is 0 Å². The van der Waals surface area contributed by atoms with E-state index in [1.807, 2.05) is 9.42 Å². The quantitative estimate of drug-likeness (QED) is 0.795. The molecule has 1 atom stereocenters. The van der Waals surface area contributed by atoms with Gasteiger partial charge in [-0.25, -0.2) is 9.50 Å². The smallest absolute Gasteiger partial charge is 0.279 e. The molecule has 1 amide bonds. The van der Waals surface area contributed by atoms with Crippen molar-refractivity contribution in [2.75, 3.05) is 36.8 Å². The Morgan fingerprint density at radius 2 is 2.00 bits per heavy atom. The number of piperidine rings is 1. The number of hydrogen-bond donors (Lipinski definition) is 0. The summed E-state index contributed by atoms with van der Waals surface area (Å²) in [7, 11) is 0. The van der Waals surface area contributed by atoms with Gasteiger partial charge in [-0.2, -0.15) is 5.10 Å². The van der Waals surface area contributed by atoms with Crippen molar-refractivity contribution >= 4 is 34.2 Å². The average molecular weight is 399 g/mol. The first-order chi connectivity index (χ1) is 13.7. The fourth-order valence-electron chi connectivity index (χ4n) is 4.50. The van der Waals surface area contributed by atoms with Crippen LogP contribution in [-0.4, -0.2) is 62.4 Å². The Kier molecular flexibility index (Phi) is 4.74. The van der Waals surface area contributed by atoms with E-state index in [4.69, 9.17) is 10.1 Å². The van der Waals surface area contributed by atoms with Crippen molar-refractivity contribution in [1.29, 1.82) is 0 Å². The second-order valence-electron chi connectivity index (χ2n) is 7.86. The van der Waals surface area contributed by atoms with E-state index in [9.17, 15) is 4.79 Å². The lowest BCUT2D eigenvalue weighted by molar-refractivity contribution is -0.127. The molecule has 7 nitrogen and oxygen atoms in total. The number of aromatic nitrogens is 3. The van der Waals surface area contributed by atoms with Gasteiger partial charge in [-0.1, -0.05) is 11.8 Å². The molecule has 3 aliphatic heterocycles. The Morgan fingerprint density at radius 3 is 2.79 bits per heavy atom. The Labute approximate surface area is 169 Å². The van der Waals surface area contributed by atoms with Gasteiger partial charge >= 0.3 is 0 Å². The molecule has 28 heavy (non-hydrogen) atoms. The van der Waals surface area contributed by atoms with Crippen molar-refractivity contribution in [3.05, 3.63) is 23.5 Å². The van der Waals surface area contributed by atoms with Gasteiger partial charge < -0.3 is 9.80 Å². The monoisotopic (exact) mass is 398 g/mol. The molecule has 2 fully saturated rings. The molecular weight excluding hydrogens is 372 g/mol. The second-order valence-corrected chi connectivity index (χ2v) is 8.94. The first-order valence-electron chi connectivity index (χ1n) is 10.3. The minimum absolute atomic E-state index is 0.0161. The van der Waals surface area contributed by atoms with Crippen LogP contribution in [0.5, 0.6) is 0 Å². The average Bonchev–Trinajstić information content (AvgIpc) is 3.47. The number of nitrogens with zero attached hydrogens (tertiary/aromatic N) is 6. The zero-order chi connectivity index (χ0) is 19.1. The minimum atomic E-state index is 0.0161. The molecule has 3 aliphatic rings. The number of carbonyl (C=O) groups excluding carboxylic acids is 1. The Morgan fingerprint density at radius 1 is 1.18 bits per heavy atom. The van der Waals surface area contributed by atoms with Gasteiger partial charge in [0.1, 0.15) is 5.82 Å². The van der Waals surface area contributed by atoms with Gasteiger partial charge in [0.05, 0.1) is 11.7 Å². The summed E-state index contributed by atoms with van der Waals surface area (Å²) in [4.78, 5) is 26.7. The van der Waals surface area contributed by atoms with Gasteiger partial charge in [0.25, 0.3) is 5.91 Å². The number of aliphatic imine (C=N–C) groups is 1. The molecule has 0 bridgehead atoms. The highest BCUT2D eigenvalue weighted by Crippen LogP contribution is 2.33. The Hall–Kier alpha value is -2.09. The summed E-state index contributed by atoms with van der Waals surface area (Å²) in [5, 5.41) is 5.49. The number of fused-ring (bicyclic) bond motifs is 1. The van der Waals surface area contributed by atoms with Crippen LogP contribution in [0.15, 0.2) is 17.3 Å². The van der Waals surface area contributed by atoms with E-state index >= 15 is 0 Å². The summed E-state index contributed by atoms with van der Waals surface area (Å²) in [5.74, 6) is 2.06. The summed E-state index contributed by atoms with van der Waals surface area (Å²) in [6.45, 7) is 5.79. The number of aryl methyl sites for hydroxylation is 1. The van der Waals surface area contributed by atoms with E-state index < -0.39 is 0 Å². The lowest BCUT2D eigenvalue weighted by Gasteiger charge is -2.34. The highest BCUT2D eigenvalue weighted by molar-refractivity contribution is 8.16. The standard InChI is InChI=1S/C20H26N6OS/c1-14-13-26-17(22-18(14)24-8-4-5-9-24)12-15(23-26)16-6-2-3-10-25(16)20(27)19-21-7-11-28-19/h12-13,16H,2-11H2,1H3/t16-/m0/s1. The fraction of sp³-hybridized carbons (Fsp3) is 0.600. The van der Waals surface area contributed by atoms with Crippen molar-refractivity contribution in [1.82, 2.24) is 19.5 Å². The van der Waals surface area contributed by atoms with Crippen LogP contribution >= 0.6 is 11.8 Å². The molecule has 148 valence electrons. The van der Waals surface area contributed by atoms with Crippen LogP contribution in [-0.2, 0) is 4.79 Å². The molecule has 2 aromatic rings.